The van der Waals surface area contributed by atoms with E-state index in [2.05, 4.69) is 31.1 Å². The van der Waals surface area contributed by atoms with Gasteiger partial charge in [-0.3, -0.25) is 4.98 Å². The van der Waals surface area contributed by atoms with Crippen molar-refractivity contribution < 1.29 is 0 Å². The summed E-state index contributed by atoms with van der Waals surface area (Å²) in [7, 11) is 0. The molecule has 0 aromatic carbocycles. The SMILES string of the molecule is CCCc1nc(-c2cncs2)sc1CNC(C)C. The molecule has 0 saturated heterocycles. The summed E-state index contributed by atoms with van der Waals surface area (Å²) in [5.41, 5.74) is 3.11. The van der Waals surface area contributed by atoms with E-state index in [1.54, 1.807) is 22.7 Å². The van der Waals surface area contributed by atoms with Crippen LogP contribution in [0.25, 0.3) is 9.88 Å². The summed E-state index contributed by atoms with van der Waals surface area (Å²) >= 11 is 3.45. The first-order valence-corrected chi connectivity index (χ1v) is 8.01. The topological polar surface area (TPSA) is 37.8 Å². The number of nitrogens with zero attached hydrogens (tertiary/aromatic N) is 2. The van der Waals surface area contributed by atoms with Crippen molar-refractivity contribution in [2.45, 2.75) is 46.2 Å². The molecule has 0 spiro atoms. The van der Waals surface area contributed by atoms with Gasteiger partial charge in [-0.1, -0.05) is 27.2 Å². The zero-order valence-corrected chi connectivity index (χ0v) is 12.7. The lowest BCUT2D eigenvalue weighted by molar-refractivity contribution is 0.589. The fourth-order valence-corrected chi connectivity index (χ4v) is 3.41. The van der Waals surface area contributed by atoms with Crippen molar-refractivity contribution in [3.63, 3.8) is 0 Å². The monoisotopic (exact) mass is 281 g/mol. The van der Waals surface area contributed by atoms with Crippen molar-refractivity contribution in [1.82, 2.24) is 15.3 Å². The Kier molecular flexibility index (Phi) is 4.86. The van der Waals surface area contributed by atoms with E-state index in [9.17, 15) is 0 Å². The van der Waals surface area contributed by atoms with Crippen molar-refractivity contribution >= 4 is 22.7 Å². The maximum atomic E-state index is 4.77. The minimum atomic E-state index is 0.508. The average molecular weight is 281 g/mol. The van der Waals surface area contributed by atoms with Gasteiger partial charge in [0.1, 0.15) is 5.01 Å². The van der Waals surface area contributed by atoms with Crippen molar-refractivity contribution in [3.05, 3.63) is 22.3 Å². The summed E-state index contributed by atoms with van der Waals surface area (Å²) in [5, 5.41) is 4.59. The second-order valence-corrected chi connectivity index (χ2v) is 6.51. The molecule has 0 atom stereocenters. The molecule has 0 saturated carbocycles. The highest BCUT2D eigenvalue weighted by Crippen LogP contribution is 2.31. The number of hydrogen-bond acceptors (Lipinski definition) is 5. The zero-order chi connectivity index (χ0) is 13.0. The van der Waals surface area contributed by atoms with E-state index >= 15 is 0 Å². The molecule has 2 rings (SSSR count). The fourth-order valence-electron chi connectivity index (χ4n) is 1.68. The Morgan fingerprint density at radius 2 is 2.22 bits per heavy atom. The Balaban J connectivity index is 2.21. The van der Waals surface area contributed by atoms with Crippen LogP contribution in [0, 0.1) is 0 Å². The molecule has 0 aliphatic rings. The van der Waals surface area contributed by atoms with E-state index < -0.39 is 0 Å². The van der Waals surface area contributed by atoms with Crippen LogP contribution in [0.3, 0.4) is 0 Å². The first-order chi connectivity index (χ1) is 8.70. The lowest BCUT2D eigenvalue weighted by Crippen LogP contribution is -2.21. The summed E-state index contributed by atoms with van der Waals surface area (Å²) in [5.74, 6) is 0. The third-order valence-corrected chi connectivity index (χ3v) is 4.62. The molecular formula is C13H19N3S2. The summed E-state index contributed by atoms with van der Waals surface area (Å²) in [4.78, 5) is 11.4. The van der Waals surface area contributed by atoms with Gasteiger partial charge in [0.25, 0.3) is 0 Å². The molecule has 1 N–H and O–H groups in total. The Morgan fingerprint density at radius 3 is 2.83 bits per heavy atom. The van der Waals surface area contributed by atoms with Gasteiger partial charge in [0.2, 0.25) is 0 Å². The molecule has 2 aromatic heterocycles. The molecule has 2 aromatic rings. The minimum Gasteiger partial charge on any atom is -0.310 e. The molecular weight excluding hydrogens is 262 g/mol. The number of rotatable bonds is 6. The van der Waals surface area contributed by atoms with Gasteiger partial charge in [0.15, 0.2) is 0 Å². The van der Waals surface area contributed by atoms with Crippen molar-refractivity contribution in [2.75, 3.05) is 0 Å². The molecule has 0 bridgehead atoms. The first kappa shape index (κ1) is 13.6. The molecule has 0 aliphatic heterocycles. The van der Waals surface area contributed by atoms with Gasteiger partial charge in [-0.2, -0.15) is 0 Å². The van der Waals surface area contributed by atoms with E-state index in [0.717, 1.165) is 24.4 Å². The molecule has 98 valence electrons. The normalized spacial score (nSPS) is 11.3. The van der Waals surface area contributed by atoms with Crippen LogP contribution in [0.15, 0.2) is 11.7 Å². The smallest absolute Gasteiger partial charge is 0.135 e. The first-order valence-electron chi connectivity index (χ1n) is 6.31. The minimum absolute atomic E-state index is 0.508. The molecule has 2 heterocycles. The standard InChI is InChI=1S/C13H19N3S2/c1-4-5-10-11(7-15-9(2)3)18-13(16-10)12-6-14-8-17-12/h6,8-9,15H,4-5,7H2,1-3H3. The third kappa shape index (κ3) is 3.37. The molecule has 0 fully saturated rings. The van der Waals surface area contributed by atoms with E-state index in [1.807, 2.05) is 11.7 Å². The summed E-state index contributed by atoms with van der Waals surface area (Å²) in [6, 6.07) is 0.508. The van der Waals surface area contributed by atoms with Gasteiger partial charge < -0.3 is 5.32 Å². The lowest BCUT2D eigenvalue weighted by atomic mass is 10.2. The average Bonchev–Trinajstić information content (AvgIpc) is 2.95. The van der Waals surface area contributed by atoms with Gasteiger partial charge in [-0.25, -0.2) is 4.98 Å². The Bertz CT molecular complexity index is 474. The highest BCUT2D eigenvalue weighted by atomic mass is 32.1. The van der Waals surface area contributed by atoms with Crippen LogP contribution < -0.4 is 5.32 Å². The van der Waals surface area contributed by atoms with Gasteiger partial charge in [-0.05, 0) is 6.42 Å². The van der Waals surface area contributed by atoms with E-state index in [-0.39, 0.29) is 0 Å². The van der Waals surface area contributed by atoms with E-state index in [1.165, 1.54) is 15.4 Å². The van der Waals surface area contributed by atoms with Crippen molar-refractivity contribution in [3.8, 4) is 9.88 Å². The van der Waals surface area contributed by atoms with Gasteiger partial charge in [-0.15, -0.1) is 22.7 Å². The highest BCUT2D eigenvalue weighted by Gasteiger charge is 2.13. The summed E-state index contributed by atoms with van der Waals surface area (Å²) < 4.78 is 0. The molecule has 18 heavy (non-hydrogen) atoms. The van der Waals surface area contributed by atoms with Crippen LogP contribution in [0.2, 0.25) is 0 Å². The number of aryl methyl sites for hydroxylation is 1. The van der Waals surface area contributed by atoms with Crippen LogP contribution in [-0.2, 0) is 13.0 Å². The van der Waals surface area contributed by atoms with Crippen LogP contribution in [0.5, 0.6) is 0 Å². The predicted octanol–water partition coefficient (Wildman–Crippen LogP) is 3.72. The van der Waals surface area contributed by atoms with Crippen LogP contribution in [0.4, 0.5) is 0 Å². The van der Waals surface area contributed by atoms with E-state index in [4.69, 9.17) is 4.98 Å². The van der Waals surface area contributed by atoms with Gasteiger partial charge in [0.05, 0.1) is 16.1 Å². The summed E-state index contributed by atoms with van der Waals surface area (Å²) in [6.07, 6.45) is 4.10. The highest BCUT2D eigenvalue weighted by molar-refractivity contribution is 7.20. The van der Waals surface area contributed by atoms with Crippen molar-refractivity contribution in [2.24, 2.45) is 0 Å². The maximum absolute atomic E-state index is 4.77. The molecule has 3 nitrogen and oxygen atoms in total. The second-order valence-electron chi connectivity index (χ2n) is 4.54. The maximum Gasteiger partial charge on any atom is 0.135 e. The Hall–Kier alpha value is -0.780. The quantitative estimate of drug-likeness (QED) is 0.877. The third-order valence-electron chi connectivity index (χ3n) is 2.58. The van der Waals surface area contributed by atoms with Crippen molar-refractivity contribution in [1.29, 1.82) is 0 Å². The lowest BCUT2D eigenvalue weighted by Gasteiger charge is -2.07. The number of hydrogen-bond donors (Lipinski definition) is 1. The van der Waals surface area contributed by atoms with E-state index in [0.29, 0.717) is 6.04 Å². The van der Waals surface area contributed by atoms with Gasteiger partial charge >= 0.3 is 0 Å². The Labute approximate surface area is 116 Å². The molecule has 0 amide bonds. The second kappa shape index (κ2) is 6.41. The largest absolute Gasteiger partial charge is 0.310 e. The number of aromatic nitrogens is 2. The molecule has 0 radical (unpaired) electrons. The number of nitrogens with one attached hydrogen (secondary N) is 1. The Morgan fingerprint density at radius 1 is 1.39 bits per heavy atom. The number of thiazole rings is 2. The molecule has 5 heteroatoms. The van der Waals surface area contributed by atoms with Gasteiger partial charge in [0, 0.05) is 23.7 Å². The summed E-state index contributed by atoms with van der Waals surface area (Å²) in [6.45, 7) is 7.46. The van der Waals surface area contributed by atoms with Crippen LogP contribution in [-0.4, -0.2) is 16.0 Å². The fraction of sp³-hybridized carbons (Fsp3) is 0.538. The molecule has 0 unspecified atom stereocenters. The van der Waals surface area contributed by atoms with Crippen LogP contribution >= 0.6 is 22.7 Å². The molecule has 0 aliphatic carbocycles. The van der Waals surface area contributed by atoms with Crippen LogP contribution in [0.1, 0.15) is 37.8 Å². The zero-order valence-electron chi connectivity index (χ0n) is 11.1. The predicted molar refractivity (Wildman–Crippen MR) is 79.2 cm³/mol.